The Morgan fingerprint density at radius 3 is 2.44 bits per heavy atom. The highest BCUT2D eigenvalue weighted by Crippen LogP contribution is 2.32. The smallest absolute Gasteiger partial charge is 0.324 e. The number of nitrogens with zero attached hydrogens (tertiary/aromatic N) is 5. The number of benzene rings is 1. The van der Waals surface area contributed by atoms with Gasteiger partial charge >= 0.3 is 6.03 Å². The molecule has 15 nitrogen and oxygen atoms in total. The molecule has 1 unspecified atom stereocenters. The maximum atomic E-state index is 12.7. The van der Waals surface area contributed by atoms with Crippen molar-refractivity contribution in [1.82, 2.24) is 29.1 Å². The molecule has 210 valence electrons. The molecular weight excluding hydrogens is 532 g/mol. The van der Waals surface area contributed by atoms with Gasteiger partial charge < -0.3 is 25.6 Å². The number of fused-ring (bicyclic) bond motifs is 1. The summed E-state index contributed by atoms with van der Waals surface area (Å²) in [7, 11) is -2.18. The SMILES string of the molecule is CCNC(=O)[C@H]1OC(n2cnc3c(NC(=O)Nc4ccc(S(=O)(=O)N(C)C(C)C)cc4)ncnc32)[C@H](O)[C@@H]1O. The number of carbonyl (C=O) groups is 2. The van der Waals surface area contributed by atoms with Crippen LogP contribution in [-0.2, 0) is 19.6 Å². The molecule has 1 saturated heterocycles. The van der Waals surface area contributed by atoms with Gasteiger partial charge in [-0.15, -0.1) is 0 Å². The fourth-order valence-corrected chi connectivity index (χ4v) is 5.30. The summed E-state index contributed by atoms with van der Waals surface area (Å²) in [5.74, 6) is -0.524. The largest absolute Gasteiger partial charge is 0.387 e. The quantitative estimate of drug-likeness (QED) is 0.253. The molecule has 0 saturated carbocycles. The molecule has 4 atom stereocenters. The zero-order chi connectivity index (χ0) is 28.5. The molecule has 39 heavy (non-hydrogen) atoms. The second-order valence-corrected chi connectivity index (χ2v) is 11.1. The molecule has 1 aliphatic heterocycles. The molecule has 0 radical (unpaired) electrons. The molecule has 0 bridgehead atoms. The summed E-state index contributed by atoms with van der Waals surface area (Å²) < 4.78 is 33.5. The number of urea groups is 1. The second-order valence-electron chi connectivity index (χ2n) is 9.09. The molecule has 16 heteroatoms. The summed E-state index contributed by atoms with van der Waals surface area (Å²) in [6, 6.07) is 4.80. The highest BCUT2D eigenvalue weighted by molar-refractivity contribution is 7.89. The van der Waals surface area contributed by atoms with Crippen molar-refractivity contribution in [2.45, 2.75) is 56.2 Å². The summed E-state index contributed by atoms with van der Waals surface area (Å²) in [6.07, 6.45) is -2.93. The van der Waals surface area contributed by atoms with Gasteiger partial charge in [0.15, 0.2) is 29.3 Å². The molecule has 1 fully saturated rings. The van der Waals surface area contributed by atoms with Crippen molar-refractivity contribution in [3.05, 3.63) is 36.9 Å². The fraction of sp³-hybridized carbons (Fsp3) is 0.435. The Balaban J connectivity index is 1.49. The first-order valence-electron chi connectivity index (χ1n) is 12.1. The molecule has 5 N–H and O–H groups in total. The van der Waals surface area contributed by atoms with Gasteiger partial charge in [0.05, 0.1) is 11.2 Å². The normalized spacial score (nSPS) is 21.4. The van der Waals surface area contributed by atoms with E-state index in [0.29, 0.717) is 12.2 Å². The highest BCUT2D eigenvalue weighted by atomic mass is 32.2. The number of hydrogen-bond acceptors (Lipinski definition) is 10. The van der Waals surface area contributed by atoms with Gasteiger partial charge in [0, 0.05) is 25.3 Å². The molecular formula is C23H30N8O7S. The van der Waals surface area contributed by atoms with Crippen molar-refractivity contribution in [1.29, 1.82) is 0 Å². The molecule has 1 aromatic carbocycles. The first kappa shape index (κ1) is 28.3. The number of nitrogens with one attached hydrogen (secondary N) is 3. The van der Waals surface area contributed by atoms with E-state index in [1.807, 2.05) is 0 Å². The molecule has 3 amide bonds. The van der Waals surface area contributed by atoms with E-state index in [1.165, 1.54) is 52.8 Å². The molecule has 0 spiro atoms. The van der Waals surface area contributed by atoms with Gasteiger partial charge in [-0.3, -0.25) is 14.7 Å². The number of sulfonamides is 1. The van der Waals surface area contributed by atoms with Gasteiger partial charge in [-0.05, 0) is 45.0 Å². The van der Waals surface area contributed by atoms with Gasteiger partial charge in [-0.25, -0.2) is 28.2 Å². The highest BCUT2D eigenvalue weighted by Gasteiger charge is 2.47. The van der Waals surface area contributed by atoms with E-state index in [-0.39, 0.29) is 27.9 Å². The summed E-state index contributed by atoms with van der Waals surface area (Å²) in [4.78, 5) is 37.3. The first-order valence-corrected chi connectivity index (χ1v) is 13.5. The van der Waals surface area contributed by atoms with Crippen molar-refractivity contribution >= 4 is 44.6 Å². The van der Waals surface area contributed by atoms with E-state index in [2.05, 4.69) is 30.9 Å². The van der Waals surface area contributed by atoms with Crippen LogP contribution in [-0.4, -0.2) is 92.3 Å². The third-order valence-corrected chi connectivity index (χ3v) is 8.28. The standard InChI is InChI=1S/C23H30N8O7S/c1-5-24-21(34)18-16(32)17(33)22(38-18)31-11-27-15-19(25-10-26-20(15)31)29-23(35)28-13-6-8-14(9-7-13)39(36,37)30(4)12(2)3/h6-12,16-18,22,32-33H,5H2,1-4H3,(H,24,34)(H2,25,26,28,29,35)/t16-,17+,18-,22?/m0/s1. The Hall–Kier alpha value is -3.70. The second kappa shape index (κ2) is 11.2. The topological polar surface area (TPSA) is 201 Å². The van der Waals surface area contributed by atoms with Gasteiger partial charge in [-0.2, -0.15) is 4.31 Å². The molecule has 0 aliphatic carbocycles. The van der Waals surface area contributed by atoms with Crippen LogP contribution in [0.1, 0.15) is 27.0 Å². The molecule has 2 aromatic heterocycles. The van der Waals surface area contributed by atoms with Crippen LogP contribution in [0.5, 0.6) is 0 Å². The number of ether oxygens (including phenoxy) is 1. The van der Waals surface area contributed by atoms with E-state index in [0.717, 1.165) is 0 Å². The number of hydrogen-bond donors (Lipinski definition) is 5. The van der Waals surface area contributed by atoms with Crippen LogP contribution in [0.2, 0.25) is 0 Å². The Labute approximate surface area is 224 Å². The van der Waals surface area contributed by atoms with Gasteiger partial charge in [0.2, 0.25) is 10.0 Å². The maximum absolute atomic E-state index is 12.7. The lowest BCUT2D eigenvalue weighted by atomic mass is 10.1. The van der Waals surface area contributed by atoms with Crippen molar-refractivity contribution < 1.29 is 33.0 Å². The van der Waals surface area contributed by atoms with E-state index in [9.17, 15) is 28.2 Å². The van der Waals surface area contributed by atoms with Crippen LogP contribution in [0.3, 0.4) is 0 Å². The van der Waals surface area contributed by atoms with E-state index in [1.54, 1.807) is 20.8 Å². The number of likely N-dealkylation sites (N-methyl/N-ethyl adjacent to an activating group) is 1. The zero-order valence-corrected chi connectivity index (χ0v) is 22.5. The lowest BCUT2D eigenvalue weighted by Crippen LogP contribution is -2.42. The Morgan fingerprint density at radius 1 is 1.10 bits per heavy atom. The van der Waals surface area contributed by atoms with Gasteiger partial charge in [0.1, 0.15) is 18.5 Å². The first-order chi connectivity index (χ1) is 18.4. The predicted octanol–water partition coefficient (Wildman–Crippen LogP) is 0.255. The number of aliphatic hydroxyl groups excluding tert-OH is 2. The fourth-order valence-electron chi connectivity index (χ4n) is 3.93. The number of anilines is 2. The summed E-state index contributed by atoms with van der Waals surface area (Å²) >= 11 is 0. The van der Waals surface area contributed by atoms with E-state index < -0.39 is 46.5 Å². The molecule has 1 aliphatic rings. The van der Waals surface area contributed by atoms with Crippen molar-refractivity contribution in [3.63, 3.8) is 0 Å². The Bertz CT molecular complexity index is 1460. The third-order valence-electron chi connectivity index (χ3n) is 6.23. The summed E-state index contributed by atoms with van der Waals surface area (Å²) in [5.41, 5.74) is 0.678. The molecule has 3 aromatic rings. The Morgan fingerprint density at radius 2 is 1.79 bits per heavy atom. The van der Waals surface area contributed by atoms with E-state index in [4.69, 9.17) is 4.74 Å². The van der Waals surface area contributed by atoms with Gasteiger partial charge in [-0.1, -0.05) is 0 Å². The molecule has 3 heterocycles. The number of imidazole rings is 1. The summed E-state index contributed by atoms with van der Waals surface area (Å²) in [6.45, 7) is 5.56. The number of amides is 3. The van der Waals surface area contributed by atoms with Crippen LogP contribution in [0.15, 0.2) is 41.8 Å². The minimum atomic E-state index is -3.67. The number of aliphatic hydroxyl groups is 2. The molecule has 4 rings (SSSR count). The lowest BCUT2D eigenvalue weighted by Gasteiger charge is -2.21. The third kappa shape index (κ3) is 5.55. The van der Waals surface area contributed by atoms with Crippen molar-refractivity contribution in [2.24, 2.45) is 0 Å². The van der Waals surface area contributed by atoms with Crippen LogP contribution in [0.25, 0.3) is 11.2 Å². The van der Waals surface area contributed by atoms with Crippen LogP contribution >= 0.6 is 0 Å². The Kier molecular flexibility index (Phi) is 8.12. The zero-order valence-electron chi connectivity index (χ0n) is 21.6. The van der Waals surface area contributed by atoms with Gasteiger partial charge in [0.25, 0.3) is 5.91 Å². The number of carbonyl (C=O) groups excluding carboxylic acids is 2. The van der Waals surface area contributed by atoms with Crippen LogP contribution in [0.4, 0.5) is 16.3 Å². The predicted molar refractivity (Wildman–Crippen MR) is 139 cm³/mol. The van der Waals surface area contributed by atoms with E-state index >= 15 is 0 Å². The lowest BCUT2D eigenvalue weighted by molar-refractivity contribution is -0.137. The number of rotatable bonds is 8. The summed E-state index contributed by atoms with van der Waals surface area (Å²) in [5, 5.41) is 28.5. The average molecular weight is 563 g/mol. The van der Waals surface area contributed by atoms with Crippen LogP contribution in [0, 0.1) is 0 Å². The number of aromatic nitrogens is 4. The van der Waals surface area contributed by atoms with Crippen LogP contribution < -0.4 is 16.0 Å². The minimum absolute atomic E-state index is 0.0438. The average Bonchev–Trinajstić information content (AvgIpc) is 3.45. The maximum Gasteiger partial charge on any atom is 0.324 e. The van der Waals surface area contributed by atoms with Crippen molar-refractivity contribution in [3.8, 4) is 0 Å². The minimum Gasteiger partial charge on any atom is -0.387 e. The monoisotopic (exact) mass is 562 g/mol. The van der Waals surface area contributed by atoms with Crippen molar-refractivity contribution in [2.75, 3.05) is 24.2 Å².